The van der Waals surface area contributed by atoms with E-state index in [0.29, 0.717) is 19.3 Å². The number of amides is 1. The molecule has 0 aromatic carbocycles. The standard InChI is InChI=1S/C26H43NO5.Na/c1-15(4-7-22(30)27-14-23(31)32)18-5-6-19-24-20(9-11-26(18,19)3)25(2)10-8-17(28)12-16(25)13-21(24)29;/h15-21,24,28-29H,4-14H2,1-3H3,(H,27,30)(H,31,32);/q;+1/p-1/t15-,16+,17-,18-,19+,20+,21-,24+,25+,26-;/m1./s1/i4D2,8D2,12D2,17D;. The van der Waals surface area contributed by atoms with Gasteiger partial charge in [0.25, 0.3) is 0 Å². The average Bonchev–Trinajstić information content (AvgIpc) is 3.14. The molecule has 7 heteroatoms. The Morgan fingerprint density at radius 1 is 1.21 bits per heavy atom. The maximum Gasteiger partial charge on any atom is 1.00 e. The molecule has 3 N–H and O–H groups in total. The molecule has 10 atom stereocenters. The minimum atomic E-state index is -2.94. The number of carbonyl (C=O) groups excluding carboxylic acids is 2. The van der Waals surface area contributed by atoms with Gasteiger partial charge in [-0.05, 0) is 104 Å². The van der Waals surface area contributed by atoms with Crippen LogP contribution in [0.3, 0.4) is 0 Å². The van der Waals surface area contributed by atoms with Crippen LogP contribution in [0.25, 0.3) is 0 Å². The molecule has 0 radical (unpaired) electrons. The second-order valence-electron chi connectivity index (χ2n) is 11.0. The predicted octanol–water partition coefficient (Wildman–Crippen LogP) is -0.737. The number of carboxylic acids is 1. The van der Waals surface area contributed by atoms with E-state index in [9.17, 15) is 24.9 Å². The molecule has 33 heavy (non-hydrogen) atoms. The number of carboxylic acid groups (broad SMARTS) is 1. The zero-order valence-electron chi connectivity index (χ0n) is 27.3. The van der Waals surface area contributed by atoms with Gasteiger partial charge in [-0.1, -0.05) is 20.8 Å². The average molecular weight is 479 g/mol. The zero-order valence-corrected chi connectivity index (χ0v) is 22.3. The van der Waals surface area contributed by atoms with Crippen molar-refractivity contribution in [1.29, 1.82) is 0 Å². The summed E-state index contributed by atoms with van der Waals surface area (Å²) >= 11 is 0. The Kier molecular flexibility index (Phi) is 6.03. The van der Waals surface area contributed by atoms with Crippen LogP contribution in [0.4, 0.5) is 0 Å². The molecule has 4 saturated carbocycles. The van der Waals surface area contributed by atoms with Crippen molar-refractivity contribution < 1.29 is 64.1 Å². The van der Waals surface area contributed by atoms with Crippen molar-refractivity contribution in [3.63, 3.8) is 0 Å². The van der Waals surface area contributed by atoms with Crippen molar-refractivity contribution >= 4 is 11.9 Å². The first kappa shape index (κ1) is 19.0. The smallest absolute Gasteiger partial charge is 0.548 e. The molecule has 1 amide bonds. The van der Waals surface area contributed by atoms with E-state index in [2.05, 4.69) is 12.2 Å². The van der Waals surface area contributed by atoms with Crippen LogP contribution >= 0.6 is 0 Å². The van der Waals surface area contributed by atoms with Crippen molar-refractivity contribution in [3.8, 4) is 0 Å². The summed E-state index contributed by atoms with van der Waals surface area (Å²) < 4.78 is 59.8. The van der Waals surface area contributed by atoms with Crippen LogP contribution in [-0.4, -0.2) is 40.8 Å². The summed E-state index contributed by atoms with van der Waals surface area (Å²) in [6, 6.07) is 0. The van der Waals surface area contributed by atoms with Gasteiger partial charge in [0.2, 0.25) is 5.91 Å². The van der Waals surface area contributed by atoms with Crippen LogP contribution in [0, 0.1) is 46.3 Å². The molecule has 6 nitrogen and oxygen atoms in total. The normalized spacial score (nSPS) is 53.9. The fourth-order valence-corrected chi connectivity index (χ4v) is 7.89. The van der Waals surface area contributed by atoms with Crippen molar-refractivity contribution in [2.75, 3.05) is 6.54 Å². The van der Waals surface area contributed by atoms with Crippen LogP contribution in [-0.2, 0) is 9.59 Å². The molecule has 0 heterocycles. The van der Waals surface area contributed by atoms with E-state index in [-0.39, 0.29) is 71.5 Å². The molecule has 0 aromatic heterocycles. The van der Waals surface area contributed by atoms with E-state index in [1.54, 1.807) is 6.92 Å². The van der Waals surface area contributed by atoms with Gasteiger partial charge in [-0.25, -0.2) is 0 Å². The molecule has 0 unspecified atom stereocenters. The Balaban J connectivity index is 0.00000441. The summed E-state index contributed by atoms with van der Waals surface area (Å²) in [4.78, 5) is 22.9. The first-order valence-corrected chi connectivity index (χ1v) is 12.0. The van der Waals surface area contributed by atoms with Crippen molar-refractivity contribution in [3.05, 3.63) is 0 Å². The Morgan fingerprint density at radius 2 is 1.91 bits per heavy atom. The van der Waals surface area contributed by atoms with Gasteiger partial charge in [0.1, 0.15) is 0 Å². The fourth-order valence-electron chi connectivity index (χ4n) is 7.89. The number of hydrogen-bond acceptors (Lipinski definition) is 5. The van der Waals surface area contributed by atoms with E-state index in [1.807, 2.05) is 6.92 Å². The second kappa shape index (κ2) is 10.5. The number of aliphatic carboxylic acids is 1. The van der Waals surface area contributed by atoms with Gasteiger partial charge in [0, 0.05) is 14.6 Å². The Hall–Kier alpha value is -0.140. The maximum atomic E-state index is 12.2. The largest absolute Gasteiger partial charge is 1.00 e. The third-order valence-electron chi connectivity index (χ3n) is 9.54. The van der Waals surface area contributed by atoms with Gasteiger partial charge in [-0.2, -0.15) is 0 Å². The van der Waals surface area contributed by atoms with Gasteiger partial charge in [0.05, 0.1) is 26.1 Å². The summed E-state index contributed by atoms with van der Waals surface area (Å²) in [5, 5.41) is 35.0. The Bertz CT molecular complexity index is 1020. The van der Waals surface area contributed by atoms with Gasteiger partial charge < -0.3 is 25.4 Å². The molecule has 0 bridgehead atoms. The molecular formula is C26H42NNaO5. The monoisotopic (exact) mass is 478 g/mol. The first-order valence-electron chi connectivity index (χ1n) is 15.5. The predicted molar refractivity (Wildman–Crippen MR) is 119 cm³/mol. The van der Waals surface area contributed by atoms with Crippen LogP contribution in [0.2, 0.25) is 0 Å². The number of carbonyl (C=O) groups is 2. The van der Waals surface area contributed by atoms with Crippen LogP contribution < -0.4 is 40.0 Å². The van der Waals surface area contributed by atoms with Crippen molar-refractivity contribution in [1.82, 2.24) is 5.32 Å². The molecular weight excluding hydrogens is 429 g/mol. The number of rotatable bonds is 6. The third-order valence-corrected chi connectivity index (χ3v) is 9.54. The minimum Gasteiger partial charge on any atom is -0.548 e. The molecule has 4 fully saturated rings. The summed E-state index contributed by atoms with van der Waals surface area (Å²) in [5.74, 6) is -4.14. The van der Waals surface area contributed by atoms with Crippen molar-refractivity contribution in [2.45, 2.75) is 97.0 Å². The Morgan fingerprint density at radius 3 is 2.61 bits per heavy atom. The van der Waals surface area contributed by atoms with Crippen LogP contribution in [0.5, 0.6) is 0 Å². The number of aliphatic hydroxyl groups is 2. The minimum absolute atomic E-state index is 0. The first-order chi connectivity index (χ1) is 17.6. The van der Waals surface area contributed by atoms with E-state index in [1.165, 1.54) is 0 Å². The van der Waals surface area contributed by atoms with Gasteiger partial charge >= 0.3 is 29.6 Å². The van der Waals surface area contributed by atoms with E-state index in [0.717, 1.165) is 6.42 Å². The number of aliphatic hydroxyl groups excluding tert-OH is 1. The zero-order chi connectivity index (χ0) is 29.6. The molecule has 4 aliphatic rings. The van der Waals surface area contributed by atoms with Gasteiger partial charge in [0.15, 0.2) is 0 Å². The third kappa shape index (κ3) is 5.07. The van der Waals surface area contributed by atoms with Gasteiger partial charge in [-0.3, -0.25) is 4.79 Å². The quantitative estimate of drug-likeness (QED) is 0.436. The van der Waals surface area contributed by atoms with E-state index >= 15 is 0 Å². The molecule has 0 aliphatic heterocycles. The molecule has 4 aliphatic carbocycles. The summed E-state index contributed by atoms with van der Waals surface area (Å²) in [6.07, 6.45) is -8.73. The molecule has 0 aromatic rings. The second-order valence-corrected chi connectivity index (χ2v) is 11.0. The summed E-state index contributed by atoms with van der Waals surface area (Å²) in [6.45, 7) is 5.07. The van der Waals surface area contributed by atoms with Crippen molar-refractivity contribution in [2.24, 2.45) is 46.3 Å². The van der Waals surface area contributed by atoms with Crippen LogP contribution in [0.1, 0.15) is 94.4 Å². The maximum absolute atomic E-state index is 12.2. The number of nitrogens with one attached hydrogen (secondary N) is 1. The SMILES string of the molecule is [2H]C([2H])(CC(=O)NCC(=O)[O-])[C@@H](C)[C@H]1CC[C@H]2[C@@H]3[C@H](O)C[C@@H]4C([2H])([2H])[C@]([2H])(O)C([2H])([2H])C[C@]4(C)[C@H]3CC[C@]12C.[Na+]. The number of fused-ring (bicyclic) bond motifs is 5. The fraction of sp³-hybridized carbons (Fsp3) is 0.923. The molecule has 0 spiro atoms. The van der Waals surface area contributed by atoms with E-state index in [4.69, 9.17) is 9.60 Å². The molecule has 182 valence electrons. The van der Waals surface area contributed by atoms with Gasteiger partial charge in [-0.15, -0.1) is 0 Å². The summed E-state index contributed by atoms with van der Waals surface area (Å²) in [5.41, 5.74) is -1.23. The number of hydrogen-bond donors (Lipinski definition) is 3. The molecule has 0 saturated heterocycles. The Labute approximate surface area is 230 Å². The molecule has 4 rings (SSSR count). The van der Waals surface area contributed by atoms with E-state index < -0.39 is 73.4 Å². The topological polar surface area (TPSA) is 110 Å². The van der Waals surface area contributed by atoms with Crippen LogP contribution in [0.15, 0.2) is 0 Å². The summed E-state index contributed by atoms with van der Waals surface area (Å²) in [7, 11) is 0.